The van der Waals surface area contributed by atoms with Crippen LogP contribution < -0.4 is 9.47 Å². The molecule has 6 atom stereocenters. The van der Waals surface area contributed by atoms with Crippen molar-refractivity contribution in [3.8, 4) is 11.5 Å². The number of cyclic esters (lactones) is 1. The lowest BCUT2D eigenvalue weighted by Gasteiger charge is -2.40. The molecule has 2 aromatic carbocycles. The summed E-state index contributed by atoms with van der Waals surface area (Å²) in [4.78, 5) is 12.3. The number of hydrogen-bond acceptors (Lipinski definition) is 9. The first-order valence-electron chi connectivity index (χ1n) is 9.19. The van der Waals surface area contributed by atoms with Gasteiger partial charge in [0, 0.05) is 5.56 Å². The number of benzene rings is 2. The molecule has 9 heteroatoms. The van der Waals surface area contributed by atoms with E-state index in [0.717, 1.165) is 0 Å². The lowest BCUT2D eigenvalue weighted by molar-refractivity contribution is -0.277. The van der Waals surface area contributed by atoms with E-state index >= 15 is 0 Å². The molecule has 0 spiro atoms. The number of hydrogen-bond donors (Lipinski definition) is 4. The SMILES string of the molecule is COc1cccc2cc3c(c(O[C@@H]4O[C@H](CO)[C@@H](O)[C@H](O)[C@H]4O)c12)[C@@H](C)OC3=O. The van der Waals surface area contributed by atoms with E-state index in [1.165, 1.54) is 7.11 Å². The van der Waals surface area contributed by atoms with Gasteiger partial charge in [0.15, 0.2) is 0 Å². The minimum atomic E-state index is -1.60. The summed E-state index contributed by atoms with van der Waals surface area (Å²) in [6.45, 7) is 1.10. The molecule has 1 fully saturated rings. The lowest BCUT2D eigenvalue weighted by Crippen LogP contribution is -2.60. The van der Waals surface area contributed by atoms with Crippen LogP contribution in [0.3, 0.4) is 0 Å². The van der Waals surface area contributed by atoms with Gasteiger partial charge in [-0.2, -0.15) is 0 Å². The van der Waals surface area contributed by atoms with E-state index in [-0.39, 0.29) is 5.75 Å². The van der Waals surface area contributed by atoms with Crippen LogP contribution in [-0.4, -0.2) is 70.8 Å². The summed E-state index contributed by atoms with van der Waals surface area (Å²) in [5, 5.41) is 41.0. The zero-order valence-corrected chi connectivity index (χ0v) is 15.8. The number of aliphatic hydroxyl groups excluding tert-OH is 4. The highest BCUT2D eigenvalue weighted by molar-refractivity contribution is 6.04. The predicted octanol–water partition coefficient (Wildman–Crippen LogP) is 0.258. The Kier molecular flexibility index (Phi) is 5.09. The monoisotopic (exact) mass is 406 g/mol. The predicted molar refractivity (Wildman–Crippen MR) is 98.7 cm³/mol. The number of carbonyl (C=O) groups excluding carboxylic acids is 1. The third-order valence-electron chi connectivity index (χ3n) is 5.33. The molecule has 4 N–H and O–H groups in total. The number of aliphatic hydroxyl groups is 4. The third kappa shape index (κ3) is 3.11. The molecule has 0 radical (unpaired) electrons. The Labute approximate surface area is 166 Å². The maximum absolute atomic E-state index is 12.3. The number of rotatable bonds is 4. The highest BCUT2D eigenvalue weighted by atomic mass is 16.7. The average molecular weight is 406 g/mol. The van der Waals surface area contributed by atoms with E-state index in [9.17, 15) is 25.2 Å². The molecule has 0 bridgehead atoms. The van der Waals surface area contributed by atoms with Gasteiger partial charge in [0.05, 0.1) is 24.7 Å². The molecule has 0 aliphatic carbocycles. The first-order valence-corrected chi connectivity index (χ1v) is 9.19. The summed E-state index contributed by atoms with van der Waals surface area (Å²) in [5.41, 5.74) is 0.779. The Hall–Kier alpha value is -2.43. The van der Waals surface area contributed by atoms with Gasteiger partial charge in [-0.05, 0) is 24.4 Å². The van der Waals surface area contributed by atoms with Crippen molar-refractivity contribution >= 4 is 16.7 Å². The normalized spacial score (nSPS) is 31.4. The van der Waals surface area contributed by atoms with Gasteiger partial charge in [-0.3, -0.25) is 0 Å². The van der Waals surface area contributed by atoms with Crippen molar-refractivity contribution in [1.82, 2.24) is 0 Å². The zero-order valence-electron chi connectivity index (χ0n) is 15.8. The molecule has 2 aliphatic heterocycles. The van der Waals surface area contributed by atoms with Crippen LogP contribution in [0.2, 0.25) is 0 Å². The van der Waals surface area contributed by atoms with Crippen molar-refractivity contribution in [2.45, 2.75) is 43.7 Å². The summed E-state index contributed by atoms with van der Waals surface area (Å²) in [6.07, 6.45) is -7.85. The smallest absolute Gasteiger partial charge is 0.339 e. The fourth-order valence-corrected chi connectivity index (χ4v) is 3.83. The van der Waals surface area contributed by atoms with E-state index in [1.54, 1.807) is 31.2 Å². The van der Waals surface area contributed by atoms with Crippen molar-refractivity contribution < 1.29 is 44.2 Å². The summed E-state index contributed by atoms with van der Waals surface area (Å²) in [6, 6.07) is 6.93. The van der Waals surface area contributed by atoms with Crippen LogP contribution >= 0.6 is 0 Å². The van der Waals surface area contributed by atoms with E-state index in [1.807, 2.05) is 0 Å². The zero-order chi connectivity index (χ0) is 20.9. The van der Waals surface area contributed by atoms with Crippen LogP contribution in [0.1, 0.15) is 28.9 Å². The van der Waals surface area contributed by atoms with Crippen molar-refractivity contribution in [1.29, 1.82) is 0 Å². The summed E-state index contributed by atoms with van der Waals surface area (Å²) < 4.78 is 22.2. The van der Waals surface area contributed by atoms with Gasteiger partial charge in [0.2, 0.25) is 6.29 Å². The number of esters is 1. The maximum atomic E-state index is 12.3. The van der Waals surface area contributed by atoms with Gasteiger partial charge in [-0.1, -0.05) is 12.1 Å². The lowest BCUT2D eigenvalue weighted by atomic mass is 9.96. The van der Waals surface area contributed by atoms with Crippen LogP contribution in [0.5, 0.6) is 11.5 Å². The number of methoxy groups -OCH3 is 1. The second-order valence-electron chi connectivity index (χ2n) is 7.09. The molecule has 9 nitrogen and oxygen atoms in total. The minimum Gasteiger partial charge on any atom is -0.496 e. The molecule has 1 saturated heterocycles. The van der Waals surface area contributed by atoms with E-state index < -0.39 is 49.4 Å². The van der Waals surface area contributed by atoms with Crippen LogP contribution in [-0.2, 0) is 9.47 Å². The summed E-state index contributed by atoms with van der Waals surface area (Å²) in [5.74, 6) is 0.171. The molecule has 0 saturated carbocycles. The Bertz CT molecular complexity index is 941. The molecule has 29 heavy (non-hydrogen) atoms. The standard InChI is InChI=1S/C20H22O9/c1-8-13-10(19(25)27-8)6-9-4-3-5-11(26-2)14(9)18(13)29-20-17(24)16(23)15(22)12(7-21)28-20/h3-6,8,12,15-17,20-24H,7H2,1-2H3/t8-,12-,15-,16+,17-,20+/m1/s1. The second kappa shape index (κ2) is 7.43. The van der Waals surface area contributed by atoms with Crippen LogP contribution in [0.25, 0.3) is 10.8 Å². The Morgan fingerprint density at radius 2 is 1.90 bits per heavy atom. The number of fused-ring (bicyclic) bond motifs is 2. The minimum absolute atomic E-state index is 0.206. The van der Waals surface area contributed by atoms with Gasteiger partial charge >= 0.3 is 5.97 Å². The molecule has 0 unspecified atom stereocenters. The second-order valence-corrected chi connectivity index (χ2v) is 7.09. The Morgan fingerprint density at radius 3 is 2.59 bits per heavy atom. The van der Waals surface area contributed by atoms with Crippen molar-refractivity contribution in [2.24, 2.45) is 0 Å². The van der Waals surface area contributed by atoms with E-state index in [2.05, 4.69) is 0 Å². The number of carbonyl (C=O) groups is 1. The molecule has 2 aliphatic rings. The quantitative estimate of drug-likeness (QED) is 0.527. The highest BCUT2D eigenvalue weighted by Gasteiger charge is 2.46. The molecule has 0 aromatic heterocycles. The van der Waals surface area contributed by atoms with Crippen molar-refractivity contribution in [2.75, 3.05) is 13.7 Å². The number of ether oxygens (including phenoxy) is 4. The van der Waals surface area contributed by atoms with Crippen LogP contribution in [0.4, 0.5) is 0 Å². The average Bonchev–Trinajstić information content (AvgIpc) is 3.00. The summed E-state index contributed by atoms with van der Waals surface area (Å²) in [7, 11) is 1.49. The third-order valence-corrected chi connectivity index (χ3v) is 5.33. The van der Waals surface area contributed by atoms with E-state index in [4.69, 9.17) is 18.9 Å². The topological polar surface area (TPSA) is 135 Å². The van der Waals surface area contributed by atoms with Crippen molar-refractivity contribution in [3.63, 3.8) is 0 Å². The molecular weight excluding hydrogens is 384 g/mol. The van der Waals surface area contributed by atoms with Gasteiger partial charge in [-0.15, -0.1) is 0 Å². The summed E-state index contributed by atoms with van der Waals surface area (Å²) >= 11 is 0. The molecule has 156 valence electrons. The first kappa shape index (κ1) is 19.9. The molecular formula is C20H22O9. The van der Waals surface area contributed by atoms with Crippen molar-refractivity contribution in [3.05, 3.63) is 35.4 Å². The largest absolute Gasteiger partial charge is 0.496 e. The maximum Gasteiger partial charge on any atom is 0.339 e. The van der Waals surface area contributed by atoms with Gasteiger partial charge < -0.3 is 39.4 Å². The Balaban J connectivity index is 1.86. The molecule has 0 amide bonds. The molecule has 2 heterocycles. The fraction of sp³-hybridized carbons (Fsp3) is 0.450. The fourth-order valence-electron chi connectivity index (χ4n) is 3.83. The first-order chi connectivity index (χ1) is 13.9. The van der Waals surface area contributed by atoms with Gasteiger partial charge in [-0.25, -0.2) is 4.79 Å². The van der Waals surface area contributed by atoms with Gasteiger partial charge in [0.1, 0.15) is 42.0 Å². The Morgan fingerprint density at radius 1 is 1.14 bits per heavy atom. The van der Waals surface area contributed by atoms with Crippen LogP contribution in [0.15, 0.2) is 24.3 Å². The van der Waals surface area contributed by atoms with Gasteiger partial charge in [0.25, 0.3) is 0 Å². The van der Waals surface area contributed by atoms with Crippen LogP contribution in [0, 0.1) is 0 Å². The highest BCUT2D eigenvalue weighted by Crippen LogP contribution is 2.46. The van der Waals surface area contributed by atoms with E-state index in [0.29, 0.717) is 27.6 Å². The molecule has 2 aromatic rings. The molecule has 4 rings (SSSR count).